The molecule has 4 N–H and O–H groups in total. The number of ether oxygens (including phenoxy) is 1. The van der Waals surface area contributed by atoms with E-state index in [2.05, 4.69) is 10.3 Å². The Morgan fingerprint density at radius 1 is 1.22 bits per heavy atom. The van der Waals surface area contributed by atoms with E-state index in [4.69, 9.17) is 15.5 Å². The molecule has 2 aliphatic rings. The normalized spacial score (nSPS) is 17.9. The summed E-state index contributed by atoms with van der Waals surface area (Å²) in [5, 5.41) is 15.5. The molecule has 9 nitrogen and oxygen atoms in total. The summed E-state index contributed by atoms with van der Waals surface area (Å²) in [7, 11) is 0. The number of para-hydroxylation sites is 1. The summed E-state index contributed by atoms with van der Waals surface area (Å²) < 4.78 is 6.79. The summed E-state index contributed by atoms with van der Waals surface area (Å²) >= 11 is 0. The number of nitrogen functional groups attached to an aromatic ring is 1. The zero-order valence-electron chi connectivity index (χ0n) is 19.7. The molecule has 5 heterocycles. The number of pyridine rings is 3. The lowest BCUT2D eigenvalue weighted by atomic mass is 9.86. The van der Waals surface area contributed by atoms with Crippen LogP contribution in [-0.2, 0) is 34.7 Å². The van der Waals surface area contributed by atoms with Gasteiger partial charge in [0, 0.05) is 29.3 Å². The van der Waals surface area contributed by atoms with E-state index in [0.717, 1.165) is 34.1 Å². The second-order valence-electron chi connectivity index (χ2n) is 9.24. The number of hydrogen-bond acceptors (Lipinski definition) is 8. The fourth-order valence-corrected chi connectivity index (χ4v) is 5.08. The maximum atomic E-state index is 13.3. The summed E-state index contributed by atoms with van der Waals surface area (Å²) in [5.74, 6) is -0.233. The van der Waals surface area contributed by atoms with Crippen molar-refractivity contribution in [2.24, 2.45) is 0 Å². The number of aliphatic hydroxyl groups is 1. The van der Waals surface area contributed by atoms with Crippen molar-refractivity contribution in [3.8, 4) is 11.4 Å². The van der Waals surface area contributed by atoms with Gasteiger partial charge in [0.15, 0.2) is 5.60 Å². The van der Waals surface area contributed by atoms with Crippen LogP contribution in [0.2, 0.25) is 0 Å². The fraction of sp³-hybridized carbons (Fsp3) is 0.259. The van der Waals surface area contributed by atoms with Gasteiger partial charge in [0.05, 0.1) is 34.7 Å². The number of anilines is 2. The molecule has 36 heavy (non-hydrogen) atoms. The highest BCUT2D eigenvalue weighted by Gasteiger charge is 2.45. The van der Waals surface area contributed by atoms with Crippen LogP contribution in [0.4, 0.5) is 11.5 Å². The van der Waals surface area contributed by atoms with Gasteiger partial charge in [-0.3, -0.25) is 4.79 Å². The van der Waals surface area contributed by atoms with Crippen LogP contribution < -0.4 is 16.6 Å². The van der Waals surface area contributed by atoms with E-state index in [0.29, 0.717) is 41.4 Å². The molecule has 0 fully saturated rings. The molecule has 0 spiro atoms. The van der Waals surface area contributed by atoms with Crippen molar-refractivity contribution in [2.75, 3.05) is 17.6 Å². The third kappa shape index (κ3) is 3.35. The van der Waals surface area contributed by atoms with E-state index < -0.39 is 11.6 Å². The smallest absolute Gasteiger partial charge is 0.343 e. The zero-order valence-corrected chi connectivity index (χ0v) is 19.7. The van der Waals surface area contributed by atoms with Gasteiger partial charge in [0.25, 0.3) is 5.56 Å². The number of nitrogens with two attached hydrogens (primary N) is 1. The Morgan fingerprint density at radius 3 is 2.86 bits per heavy atom. The molecule has 3 aromatic heterocycles. The number of fused-ring (bicyclic) bond motifs is 5. The minimum Gasteiger partial charge on any atom is -0.458 e. The van der Waals surface area contributed by atoms with Gasteiger partial charge in [-0.1, -0.05) is 25.1 Å². The van der Waals surface area contributed by atoms with Gasteiger partial charge in [0.2, 0.25) is 0 Å². The number of carbonyl (C=O) groups excluding carboxylic acids is 1. The number of carbonyl (C=O) groups is 1. The third-order valence-electron chi connectivity index (χ3n) is 7.12. The first-order valence-corrected chi connectivity index (χ1v) is 11.9. The van der Waals surface area contributed by atoms with Crippen LogP contribution in [-0.4, -0.2) is 32.2 Å². The zero-order chi connectivity index (χ0) is 25.0. The minimum absolute atomic E-state index is 0.108. The van der Waals surface area contributed by atoms with Crippen molar-refractivity contribution in [1.29, 1.82) is 0 Å². The number of aromatic nitrogens is 3. The summed E-state index contributed by atoms with van der Waals surface area (Å²) in [5.41, 5.74) is 9.13. The highest BCUT2D eigenvalue weighted by atomic mass is 16.6. The Balaban J connectivity index is 1.40. The number of cyclic esters (lactones) is 1. The van der Waals surface area contributed by atoms with E-state index in [1.807, 2.05) is 30.3 Å². The van der Waals surface area contributed by atoms with Gasteiger partial charge in [-0.25, -0.2) is 14.8 Å². The molecular weight excluding hydrogens is 458 g/mol. The molecule has 9 heteroatoms. The van der Waals surface area contributed by atoms with E-state index in [-0.39, 0.29) is 18.6 Å². The summed E-state index contributed by atoms with van der Waals surface area (Å²) in [6.07, 6.45) is 2.65. The number of nitrogens with one attached hydrogen (secondary N) is 1. The molecule has 0 saturated carbocycles. The average molecular weight is 484 g/mol. The molecule has 2 aliphatic heterocycles. The van der Waals surface area contributed by atoms with E-state index in [9.17, 15) is 14.7 Å². The van der Waals surface area contributed by atoms with Gasteiger partial charge >= 0.3 is 5.97 Å². The standard InChI is InChI=1S/C27H25N5O4/c1-2-27(35)19-11-21-24-17(13-32(21)25(33)18(19)14-36-26(27)34)10-16-4-3-5-20(23(16)31-24)29-9-8-15-6-7-22(28)30-12-15/h3-7,10-12,29,35H,2,8-9,13-14H2,1H3,(H2,28,30)/t27-/m0/s1. The molecule has 6 rings (SSSR count). The predicted octanol–water partition coefficient (Wildman–Crippen LogP) is 2.71. The number of nitrogens with zero attached hydrogens (tertiary/aromatic N) is 3. The lowest BCUT2D eigenvalue weighted by molar-refractivity contribution is -0.172. The summed E-state index contributed by atoms with van der Waals surface area (Å²) in [4.78, 5) is 34.8. The Kier molecular flexibility index (Phi) is 5.04. The van der Waals surface area contributed by atoms with Crippen LogP contribution >= 0.6 is 0 Å². The molecule has 4 aromatic rings. The Hall–Kier alpha value is -4.24. The summed E-state index contributed by atoms with van der Waals surface area (Å²) in [6.45, 7) is 2.61. The second kappa shape index (κ2) is 8.17. The Bertz CT molecular complexity index is 1600. The van der Waals surface area contributed by atoms with Crippen LogP contribution in [0.25, 0.3) is 22.3 Å². The first-order chi connectivity index (χ1) is 17.4. The van der Waals surface area contributed by atoms with Gasteiger partial charge in [0.1, 0.15) is 12.4 Å². The average Bonchev–Trinajstić information content (AvgIpc) is 3.24. The molecule has 0 aliphatic carbocycles. The van der Waals surface area contributed by atoms with Crippen LogP contribution in [0.5, 0.6) is 0 Å². The maximum absolute atomic E-state index is 13.3. The monoisotopic (exact) mass is 483 g/mol. The van der Waals surface area contributed by atoms with E-state index >= 15 is 0 Å². The number of hydrogen-bond donors (Lipinski definition) is 3. The molecule has 0 bridgehead atoms. The number of rotatable bonds is 5. The predicted molar refractivity (Wildman–Crippen MR) is 135 cm³/mol. The van der Waals surface area contributed by atoms with Crippen molar-refractivity contribution in [2.45, 2.75) is 38.5 Å². The fourth-order valence-electron chi connectivity index (χ4n) is 5.08. The first-order valence-electron chi connectivity index (χ1n) is 11.9. The number of esters is 1. The van der Waals surface area contributed by atoms with Crippen molar-refractivity contribution in [3.05, 3.63) is 81.3 Å². The SMILES string of the molecule is CC[C@@]1(O)C(=O)OCc2c1cc1n(c2=O)Cc2cc3cccc(NCCc4ccc(N)nc4)c3nc2-1. The lowest BCUT2D eigenvalue weighted by Crippen LogP contribution is -2.44. The van der Waals surface area contributed by atoms with Crippen LogP contribution in [0.15, 0.2) is 53.5 Å². The van der Waals surface area contributed by atoms with Gasteiger partial charge in [-0.2, -0.15) is 0 Å². The van der Waals surface area contributed by atoms with Crippen LogP contribution in [0, 0.1) is 0 Å². The van der Waals surface area contributed by atoms with Crippen molar-refractivity contribution >= 4 is 28.4 Å². The van der Waals surface area contributed by atoms with Gasteiger partial charge in [-0.05, 0) is 42.7 Å². The van der Waals surface area contributed by atoms with Crippen molar-refractivity contribution < 1.29 is 14.6 Å². The highest BCUT2D eigenvalue weighted by Crippen LogP contribution is 2.39. The van der Waals surface area contributed by atoms with Gasteiger partial charge < -0.3 is 25.5 Å². The van der Waals surface area contributed by atoms with Gasteiger partial charge in [-0.15, -0.1) is 0 Å². The van der Waals surface area contributed by atoms with Crippen LogP contribution in [0.1, 0.15) is 35.6 Å². The molecule has 182 valence electrons. The van der Waals surface area contributed by atoms with E-state index in [1.165, 1.54) is 0 Å². The third-order valence-corrected chi connectivity index (χ3v) is 7.12. The Morgan fingerprint density at radius 2 is 2.08 bits per heavy atom. The number of benzene rings is 1. The molecular formula is C27H25N5O4. The Labute approximate surface area is 206 Å². The molecule has 0 radical (unpaired) electrons. The molecule has 0 amide bonds. The lowest BCUT2D eigenvalue weighted by Gasteiger charge is -2.31. The minimum atomic E-state index is -1.84. The topological polar surface area (TPSA) is 132 Å². The quantitative estimate of drug-likeness (QED) is 0.325. The summed E-state index contributed by atoms with van der Waals surface area (Å²) in [6, 6.07) is 13.5. The highest BCUT2D eigenvalue weighted by molar-refractivity contribution is 5.93. The van der Waals surface area contributed by atoms with Crippen LogP contribution in [0.3, 0.4) is 0 Å². The van der Waals surface area contributed by atoms with E-state index in [1.54, 1.807) is 29.8 Å². The largest absolute Gasteiger partial charge is 0.458 e. The maximum Gasteiger partial charge on any atom is 0.343 e. The molecule has 1 aromatic carbocycles. The first kappa shape index (κ1) is 22.2. The molecule has 1 atom stereocenters. The van der Waals surface area contributed by atoms with Crippen molar-refractivity contribution in [3.63, 3.8) is 0 Å². The molecule has 0 saturated heterocycles. The second-order valence-corrected chi connectivity index (χ2v) is 9.24. The van der Waals surface area contributed by atoms with Crippen molar-refractivity contribution in [1.82, 2.24) is 14.5 Å². The molecule has 0 unspecified atom stereocenters.